The van der Waals surface area contributed by atoms with Gasteiger partial charge < -0.3 is 39.9 Å². The second-order valence-corrected chi connectivity index (χ2v) is 20.3. The quantitative estimate of drug-likeness (QED) is 0.0717. The van der Waals surface area contributed by atoms with Gasteiger partial charge in [-0.2, -0.15) is 0 Å². The molecular weight excluding hydrogens is 935 g/mol. The molecule has 404 valence electrons. The molecule has 18 nitrogen and oxygen atoms in total. The number of likely N-dealkylation sites (tertiary alicyclic amines) is 2. The van der Waals surface area contributed by atoms with E-state index in [0.717, 1.165) is 23.2 Å². The van der Waals surface area contributed by atoms with Crippen molar-refractivity contribution in [2.75, 3.05) is 66.4 Å². The number of anilines is 1. The number of ether oxygens (including phenoxy) is 2. The summed E-state index contributed by atoms with van der Waals surface area (Å²) >= 11 is 0. The van der Waals surface area contributed by atoms with Gasteiger partial charge in [-0.3, -0.25) is 43.4 Å². The maximum Gasteiger partial charge on any atom is 0.326 e. The van der Waals surface area contributed by atoms with Crippen molar-refractivity contribution in [3.8, 4) is 0 Å². The van der Waals surface area contributed by atoms with E-state index in [4.69, 9.17) is 9.47 Å². The normalized spacial score (nSPS) is 18.3. The van der Waals surface area contributed by atoms with E-state index in [1.807, 2.05) is 75.2 Å². The van der Waals surface area contributed by atoms with Crippen LogP contribution in [0.3, 0.4) is 0 Å². The number of methoxy groups -OCH3 is 2. The lowest BCUT2D eigenvalue weighted by Gasteiger charge is -2.37. The molecule has 4 rings (SSSR count). The molecule has 2 aromatic carbocycles. The largest absolute Gasteiger partial charge is 0.480 e. The molecule has 7 amide bonds. The van der Waals surface area contributed by atoms with Crippen molar-refractivity contribution < 1.29 is 52.9 Å². The van der Waals surface area contributed by atoms with Gasteiger partial charge in [-0.25, -0.2) is 4.79 Å². The molecule has 0 bridgehead atoms. The molecule has 0 aliphatic carbocycles. The Labute approximate surface area is 432 Å². The van der Waals surface area contributed by atoms with E-state index >= 15 is 0 Å². The van der Waals surface area contributed by atoms with Gasteiger partial charge in [0.05, 0.1) is 49.2 Å². The van der Waals surface area contributed by atoms with Gasteiger partial charge in [0.1, 0.15) is 6.04 Å². The van der Waals surface area contributed by atoms with Crippen molar-refractivity contribution in [1.82, 2.24) is 30.2 Å². The molecule has 0 saturated carbocycles. The molecule has 0 spiro atoms. The van der Waals surface area contributed by atoms with Crippen LogP contribution in [0.1, 0.15) is 110 Å². The number of carbonyl (C=O) groups is 8. The highest BCUT2D eigenvalue weighted by molar-refractivity contribution is 6.03. The van der Waals surface area contributed by atoms with E-state index < -0.39 is 54.2 Å². The number of likely N-dealkylation sites (N-methyl/N-ethyl adjacent to an activating group) is 2. The summed E-state index contributed by atoms with van der Waals surface area (Å²) in [7, 11) is 8.28. The average Bonchev–Trinajstić information content (AvgIpc) is 3.95. The van der Waals surface area contributed by atoms with Crippen molar-refractivity contribution in [3.05, 3.63) is 65.7 Å². The first kappa shape index (κ1) is 59.8. The average molecular weight is 1020 g/mol. The lowest BCUT2D eigenvalue weighted by molar-refractivity contribution is -0.146. The summed E-state index contributed by atoms with van der Waals surface area (Å²) < 4.78 is 11.8. The number of carbonyl (C=O) groups excluding carboxylic acids is 7. The van der Waals surface area contributed by atoms with Crippen molar-refractivity contribution in [2.24, 2.45) is 17.8 Å². The highest BCUT2D eigenvalue weighted by Gasteiger charge is 2.42. The Morgan fingerprint density at radius 3 is 2.14 bits per heavy atom. The third-order valence-corrected chi connectivity index (χ3v) is 14.6. The summed E-state index contributed by atoms with van der Waals surface area (Å²) in [5.74, 6) is -3.82. The number of amides is 7. The van der Waals surface area contributed by atoms with E-state index in [9.17, 15) is 43.5 Å². The van der Waals surface area contributed by atoms with Crippen molar-refractivity contribution in [3.63, 3.8) is 0 Å². The number of hydrogen-bond donors (Lipinski definition) is 3. The molecule has 73 heavy (non-hydrogen) atoms. The molecule has 3 N–H and O–H groups in total. The number of carboxylic acid groups (broad SMARTS) is 1. The third kappa shape index (κ3) is 16.9. The Hall–Kier alpha value is -5.72. The lowest BCUT2D eigenvalue weighted by Crippen LogP contribution is -2.54. The summed E-state index contributed by atoms with van der Waals surface area (Å²) in [5.41, 5.74) is 2.57. The summed E-state index contributed by atoms with van der Waals surface area (Å²) in [4.78, 5) is 113. The summed E-state index contributed by atoms with van der Waals surface area (Å²) in [5, 5.41) is 15.5. The van der Waals surface area contributed by atoms with Crippen LogP contribution in [0.2, 0.25) is 0 Å². The number of rotatable bonds is 30. The molecule has 2 heterocycles. The number of nitrogens with one attached hydrogen (secondary N) is 2. The molecule has 2 aliphatic rings. The molecule has 2 aliphatic heterocycles. The van der Waals surface area contributed by atoms with Gasteiger partial charge in [-0.15, -0.1) is 0 Å². The fourth-order valence-electron chi connectivity index (χ4n) is 10.3. The molecule has 8 atom stereocenters. The Balaban J connectivity index is 1.27. The Bertz CT molecular complexity index is 2160. The zero-order valence-corrected chi connectivity index (χ0v) is 45.0. The van der Waals surface area contributed by atoms with Crippen LogP contribution in [0.15, 0.2) is 54.6 Å². The molecule has 2 unspecified atom stereocenters. The molecule has 2 fully saturated rings. The molecular formula is C55H83N7O11. The first-order valence-electron chi connectivity index (χ1n) is 26.1. The van der Waals surface area contributed by atoms with Crippen LogP contribution in [0.4, 0.5) is 5.69 Å². The summed E-state index contributed by atoms with van der Waals surface area (Å²) in [6.07, 6.45) is 4.53. The van der Waals surface area contributed by atoms with E-state index in [-0.39, 0.29) is 73.1 Å². The topological polar surface area (TPSA) is 216 Å². The standard InChI is InChI=1S/C55H83N7O11/c1-11-19-43(45(72-9)34-48(65)61-30-18-22-44(61)51(73-10)38(5)52(67)57-42(55(70)71)33-40-20-14-12-15-21-40)60(8)49(66)35-56-53(68)50(36(2)3)58(6)31-28-39-24-26-41(27-25-39)59(7)46(63)23-16-13-17-29-62-47(64)32-37(4)54(62)69/h12,14-15,20-21,24-27,36-38,42-45,50-51H,11,13,16-19,22-23,28-35H2,1-10H3,(H,56,68)(H,57,67)(H,70,71)/t37?,38-,42+,43+,44+,45-,50?,51-/m1/s1. The van der Waals surface area contributed by atoms with Crippen LogP contribution in [0.25, 0.3) is 0 Å². The number of imide groups is 1. The Kier molecular flexibility index (Phi) is 24.0. The van der Waals surface area contributed by atoms with Crippen LogP contribution in [0, 0.1) is 17.8 Å². The fourth-order valence-corrected chi connectivity index (χ4v) is 10.3. The van der Waals surface area contributed by atoms with Crippen LogP contribution in [0.5, 0.6) is 0 Å². The minimum Gasteiger partial charge on any atom is -0.480 e. The van der Waals surface area contributed by atoms with Gasteiger partial charge in [-0.05, 0) is 74.8 Å². The first-order valence-corrected chi connectivity index (χ1v) is 26.1. The Morgan fingerprint density at radius 2 is 1.55 bits per heavy atom. The second-order valence-electron chi connectivity index (χ2n) is 20.3. The maximum atomic E-state index is 14.2. The second kappa shape index (κ2) is 29.2. The molecule has 18 heteroatoms. The van der Waals surface area contributed by atoms with Gasteiger partial charge in [0.2, 0.25) is 41.4 Å². The highest BCUT2D eigenvalue weighted by atomic mass is 16.5. The SMILES string of the molecule is CCC[C@@H]([C@@H](CC(=O)N1CCC[C@H]1[C@H](OC)[C@@H](C)C(=O)N[C@@H](Cc1ccccc1)C(=O)O)OC)N(C)C(=O)CNC(=O)C(C(C)C)N(C)CCc1ccc(N(C)C(=O)CCCCCN2C(=O)CC(C)C2=O)cc1. The Morgan fingerprint density at radius 1 is 0.863 bits per heavy atom. The zero-order valence-electron chi connectivity index (χ0n) is 45.0. The molecule has 0 radical (unpaired) electrons. The van der Waals surface area contributed by atoms with E-state index in [2.05, 4.69) is 10.6 Å². The summed E-state index contributed by atoms with van der Waals surface area (Å²) in [6.45, 7) is 10.5. The number of nitrogens with zero attached hydrogens (tertiary/aromatic N) is 5. The van der Waals surface area contributed by atoms with Crippen molar-refractivity contribution in [1.29, 1.82) is 0 Å². The van der Waals surface area contributed by atoms with Crippen molar-refractivity contribution in [2.45, 2.75) is 148 Å². The van der Waals surface area contributed by atoms with Crippen LogP contribution >= 0.6 is 0 Å². The van der Waals surface area contributed by atoms with Crippen LogP contribution in [-0.2, 0) is 60.7 Å². The number of hydrogen-bond acceptors (Lipinski definition) is 11. The fraction of sp³-hybridized carbons (Fsp3) is 0.636. The van der Waals surface area contributed by atoms with Crippen LogP contribution < -0.4 is 15.5 Å². The van der Waals surface area contributed by atoms with Gasteiger partial charge in [0.25, 0.3) is 0 Å². The van der Waals surface area contributed by atoms with Crippen molar-refractivity contribution >= 4 is 53.0 Å². The predicted molar refractivity (Wildman–Crippen MR) is 278 cm³/mol. The van der Waals surface area contributed by atoms with E-state index in [0.29, 0.717) is 71.0 Å². The number of benzene rings is 2. The van der Waals surface area contributed by atoms with Gasteiger partial charge in [0, 0.05) is 78.8 Å². The maximum absolute atomic E-state index is 14.2. The zero-order chi connectivity index (χ0) is 53.9. The van der Waals surface area contributed by atoms with E-state index in [1.165, 1.54) is 19.1 Å². The summed E-state index contributed by atoms with van der Waals surface area (Å²) in [6, 6.07) is 14.2. The minimum atomic E-state index is -1.15. The number of carboxylic acids is 1. The molecule has 0 aromatic heterocycles. The predicted octanol–water partition coefficient (Wildman–Crippen LogP) is 4.71. The number of aliphatic carboxylic acids is 1. The smallest absolute Gasteiger partial charge is 0.326 e. The highest BCUT2D eigenvalue weighted by Crippen LogP contribution is 2.29. The van der Waals surface area contributed by atoms with Gasteiger partial charge >= 0.3 is 5.97 Å². The van der Waals surface area contributed by atoms with Gasteiger partial charge in [0.15, 0.2) is 0 Å². The number of unbranched alkanes of at least 4 members (excludes halogenated alkanes) is 2. The minimum absolute atomic E-state index is 0.0199. The molecule has 2 saturated heterocycles. The van der Waals surface area contributed by atoms with Gasteiger partial charge in [-0.1, -0.05) is 89.9 Å². The molecule has 2 aromatic rings. The third-order valence-electron chi connectivity index (χ3n) is 14.6. The lowest BCUT2D eigenvalue weighted by atomic mass is 9.93. The monoisotopic (exact) mass is 1020 g/mol. The van der Waals surface area contributed by atoms with Crippen LogP contribution in [-0.4, -0.2) is 170 Å². The van der Waals surface area contributed by atoms with E-state index in [1.54, 1.807) is 54.8 Å². The first-order chi connectivity index (χ1) is 34.7.